The average Bonchev–Trinajstić information content (AvgIpc) is 1.41. The Morgan fingerprint density at radius 2 is 1.14 bits per heavy atom. The van der Waals surface area contributed by atoms with Gasteiger partial charge in [-0.25, -0.2) is 0 Å². The zero-order valence-electron chi connectivity index (χ0n) is 4.04. The summed E-state index contributed by atoms with van der Waals surface area (Å²) in [5, 5.41) is 24.5. The summed E-state index contributed by atoms with van der Waals surface area (Å²) in [5.74, 6) is 0. The predicted molar refractivity (Wildman–Crippen MR) is 3.25 cm³/mol. The van der Waals surface area contributed by atoms with Crippen LogP contribution < -0.4 is 148 Å². The summed E-state index contributed by atoms with van der Waals surface area (Å²) in [6, 6.07) is 0. The van der Waals surface area contributed by atoms with Gasteiger partial charge in [0.1, 0.15) is 0 Å². The number of hydrogen-bond donors (Lipinski definition) is 0. The Bertz CT molecular complexity index is 13.6. The summed E-state index contributed by atoms with van der Waals surface area (Å²) >= 11 is 0. The predicted octanol–water partition coefficient (Wildman–Crippen LogP) is -8.58. The SMILES string of the molecule is [Cs+].[Cs+].[O-]OOO[O-]. The molecule has 0 aliphatic rings. The minimum atomic E-state index is 0. The molecule has 5 nitrogen and oxygen atoms in total. The molecule has 0 atom stereocenters. The molecule has 0 saturated heterocycles. The van der Waals surface area contributed by atoms with E-state index < -0.39 is 0 Å². The van der Waals surface area contributed by atoms with E-state index in [9.17, 15) is 0 Å². The van der Waals surface area contributed by atoms with E-state index in [-0.39, 0.29) is 138 Å². The monoisotopic (exact) mass is 346 g/mol. The van der Waals surface area contributed by atoms with Crippen molar-refractivity contribution in [3.05, 3.63) is 0 Å². The topological polar surface area (TPSA) is 73.8 Å². The summed E-state index contributed by atoms with van der Waals surface area (Å²) in [7, 11) is 0. The van der Waals surface area contributed by atoms with Crippen LogP contribution in [0.15, 0.2) is 0 Å². The molecular formula is Cs2O5. The smallest absolute Gasteiger partial charge is 0.690 e. The van der Waals surface area contributed by atoms with Crippen molar-refractivity contribution in [2.75, 3.05) is 0 Å². The van der Waals surface area contributed by atoms with Gasteiger partial charge in [0.25, 0.3) is 0 Å². The zero-order valence-corrected chi connectivity index (χ0v) is 16.6. The van der Waals surface area contributed by atoms with Gasteiger partial charge < -0.3 is 10.5 Å². The minimum Gasteiger partial charge on any atom is -0.690 e. The molecule has 0 N–H and O–H groups in total. The van der Waals surface area contributed by atoms with Gasteiger partial charge in [-0.2, -0.15) is 0 Å². The van der Waals surface area contributed by atoms with Crippen LogP contribution >= 0.6 is 0 Å². The molecule has 0 aromatic rings. The van der Waals surface area contributed by atoms with E-state index in [4.69, 9.17) is 10.5 Å². The van der Waals surface area contributed by atoms with E-state index in [1.807, 2.05) is 0 Å². The number of rotatable bonds is 2. The van der Waals surface area contributed by atoms with Crippen LogP contribution in [0, 0.1) is 0 Å². The Kier molecular flexibility index (Phi) is 40.3. The molecule has 7 heavy (non-hydrogen) atoms. The first-order valence-electron chi connectivity index (χ1n) is 0.667. The van der Waals surface area contributed by atoms with Crippen molar-refractivity contribution in [2.24, 2.45) is 0 Å². The van der Waals surface area contributed by atoms with Crippen LogP contribution in [0.5, 0.6) is 0 Å². The van der Waals surface area contributed by atoms with Crippen molar-refractivity contribution < 1.29 is 163 Å². The van der Waals surface area contributed by atoms with Crippen LogP contribution in [0.1, 0.15) is 0 Å². The van der Waals surface area contributed by atoms with Crippen LogP contribution in [0.2, 0.25) is 0 Å². The molecule has 0 saturated carbocycles. The summed E-state index contributed by atoms with van der Waals surface area (Å²) in [6.45, 7) is 0. The summed E-state index contributed by atoms with van der Waals surface area (Å²) in [4.78, 5) is 0. The molecule has 7 heteroatoms. The van der Waals surface area contributed by atoms with Crippen LogP contribution in [0.4, 0.5) is 0 Å². The van der Waals surface area contributed by atoms with Crippen LogP contribution in [-0.4, -0.2) is 0 Å². The van der Waals surface area contributed by atoms with E-state index in [1.165, 1.54) is 0 Å². The van der Waals surface area contributed by atoms with Gasteiger partial charge in [0.15, 0.2) is 0 Å². The minimum absolute atomic E-state index is 0. The van der Waals surface area contributed by atoms with Crippen LogP contribution in [-0.2, 0) is 15.1 Å². The third-order valence-corrected chi connectivity index (χ3v) is 0.0556. The average molecular weight is 346 g/mol. The van der Waals surface area contributed by atoms with Gasteiger partial charge in [0, 0.05) is 0 Å². The Hall–Kier alpha value is 3.90. The van der Waals surface area contributed by atoms with Gasteiger partial charge in [-0.05, 0) is 0 Å². The van der Waals surface area contributed by atoms with Crippen molar-refractivity contribution in [1.82, 2.24) is 0 Å². The van der Waals surface area contributed by atoms with Crippen molar-refractivity contribution in [1.29, 1.82) is 0 Å². The standard InChI is InChI=1S/2Cs.H2O5/c;;1-3-5-4-2/h;;1-2H/q2*+1;/p-2. The fourth-order valence-electron chi connectivity index (χ4n) is 0.0113. The molecule has 0 aliphatic heterocycles. The summed E-state index contributed by atoms with van der Waals surface area (Å²) < 4.78 is 0. The molecule has 0 bridgehead atoms. The summed E-state index contributed by atoms with van der Waals surface area (Å²) in [5.41, 5.74) is 0. The van der Waals surface area contributed by atoms with Gasteiger partial charge in [0.2, 0.25) is 0 Å². The second-order valence-electron chi connectivity index (χ2n) is 0.204. The van der Waals surface area contributed by atoms with E-state index in [2.05, 4.69) is 15.1 Å². The van der Waals surface area contributed by atoms with E-state index in [0.29, 0.717) is 0 Å². The quantitative estimate of drug-likeness (QED) is 0.367. The van der Waals surface area contributed by atoms with Gasteiger partial charge in [-0.1, -0.05) is 5.04 Å². The largest absolute Gasteiger partial charge is 1.00 e. The van der Waals surface area contributed by atoms with Gasteiger partial charge in [-0.3, -0.25) is 10.1 Å². The Morgan fingerprint density at radius 1 is 0.857 bits per heavy atom. The molecule has 0 fully saturated rings. The fourth-order valence-corrected chi connectivity index (χ4v) is 0.0113. The Labute approximate surface area is 158 Å². The maximum Gasteiger partial charge on any atom is 1.00 e. The molecule has 0 aromatic heterocycles. The van der Waals surface area contributed by atoms with Crippen molar-refractivity contribution >= 4 is 0 Å². The molecular weight excluding hydrogens is 346 g/mol. The molecule has 0 unspecified atom stereocenters. The third kappa shape index (κ3) is 17.8. The molecule has 0 amide bonds. The second-order valence-corrected chi connectivity index (χ2v) is 0.204. The molecule has 0 radical (unpaired) electrons. The molecule has 32 valence electrons. The molecule has 0 heterocycles. The first kappa shape index (κ1) is 17.1. The number of hydrogen-bond acceptors (Lipinski definition) is 5. The maximum atomic E-state index is 8.48. The van der Waals surface area contributed by atoms with Crippen molar-refractivity contribution in [2.45, 2.75) is 0 Å². The van der Waals surface area contributed by atoms with Crippen LogP contribution in [0.3, 0.4) is 0 Å². The van der Waals surface area contributed by atoms with Gasteiger partial charge in [-0.15, -0.1) is 0 Å². The maximum absolute atomic E-state index is 8.48. The van der Waals surface area contributed by atoms with Crippen molar-refractivity contribution in [3.63, 3.8) is 0 Å². The third-order valence-electron chi connectivity index (χ3n) is 0.0556. The molecule has 0 spiro atoms. The molecule has 0 rings (SSSR count). The van der Waals surface area contributed by atoms with E-state index >= 15 is 0 Å². The van der Waals surface area contributed by atoms with Crippen molar-refractivity contribution in [3.8, 4) is 0 Å². The Balaban J connectivity index is -0.0000000800. The fraction of sp³-hybridized carbons (Fsp3) is 0. The van der Waals surface area contributed by atoms with Gasteiger partial charge in [0.05, 0.1) is 0 Å². The second kappa shape index (κ2) is 16.5. The van der Waals surface area contributed by atoms with Crippen LogP contribution in [0.25, 0.3) is 0 Å². The first-order chi connectivity index (χ1) is 2.41. The normalized spacial score (nSPS) is 6.00. The molecule has 0 aliphatic carbocycles. The summed E-state index contributed by atoms with van der Waals surface area (Å²) in [6.07, 6.45) is 0. The Morgan fingerprint density at radius 3 is 1.14 bits per heavy atom. The zero-order chi connectivity index (χ0) is 4.12. The van der Waals surface area contributed by atoms with E-state index in [0.717, 1.165) is 0 Å². The first-order valence-corrected chi connectivity index (χ1v) is 0.667. The van der Waals surface area contributed by atoms with E-state index in [1.54, 1.807) is 0 Å². The van der Waals surface area contributed by atoms with Gasteiger partial charge >= 0.3 is 138 Å². The molecule has 0 aromatic carbocycles.